The van der Waals surface area contributed by atoms with Crippen LogP contribution in [-0.4, -0.2) is 23.1 Å². The first kappa shape index (κ1) is 17.5. The van der Waals surface area contributed by atoms with Crippen LogP contribution in [0.5, 0.6) is 0 Å². The number of fused-ring (bicyclic) bond motifs is 3. The summed E-state index contributed by atoms with van der Waals surface area (Å²) in [5.74, 6) is 0.722. The first-order valence-electron chi connectivity index (χ1n) is 9.11. The fourth-order valence-corrected chi connectivity index (χ4v) is 3.47. The third kappa shape index (κ3) is 2.62. The van der Waals surface area contributed by atoms with Gasteiger partial charge < -0.3 is 4.57 Å². The van der Waals surface area contributed by atoms with Crippen LogP contribution in [0.25, 0.3) is 16.9 Å². The SMILES string of the molecule is CCCCCn1c(=O)c2c(nc3n([C@@H](C)CC)c(C)cn23)n(C)c1=O. The van der Waals surface area contributed by atoms with E-state index >= 15 is 0 Å². The van der Waals surface area contributed by atoms with E-state index in [0.717, 1.165) is 37.2 Å². The third-order valence-corrected chi connectivity index (χ3v) is 5.09. The van der Waals surface area contributed by atoms with Crippen molar-refractivity contribution in [2.24, 2.45) is 7.05 Å². The molecule has 0 aliphatic rings. The Labute approximate surface area is 146 Å². The number of imidazole rings is 2. The van der Waals surface area contributed by atoms with Gasteiger partial charge in [-0.3, -0.25) is 18.3 Å². The van der Waals surface area contributed by atoms with Crippen LogP contribution in [0.3, 0.4) is 0 Å². The molecule has 3 aromatic heterocycles. The van der Waals surface area contributed by atoms with E-state index in [4.69, 9.17) is 0 Å². The minimum atomic E-state index is -0.291. The summed E-state index contributed by atoms with van der Waals surface area (Å²) in [7, 11) is 1.69. The van der Waals surface area contributed by atoms with Gasteiger partial charge in [-0.05, 0) is 26.7 Å². The smallest absolute Gasteiger partial charge is 0.311 e. The van der Waals surface area contributed by atoms with Gasteiger partial charge in [-0.2, -0.15) is 4.98 Å². The number of hydrogen-bond acceptors (Lipinski definition) is 3. The van der Waals surface area contributed by atoms with Crippen LogP contribution < -0.4 is 11.2 Å². The Morgan fingerprint density at radius 2 is 1.92 bits per heavy atom. The zero-order valence-electron chi connectivity index (χ0n) is 15.7. The van der Waals surface area contributed by atoms with Gasteiger partial charge in [0.15, 0.2) is 11.2 Å². The lowest BCUT2D eigenvalue weighted by molar-refractivity contribution is 0.532. The quantitative estimate of drug-likeness (QED) is 0.645. The molecule has 3 heterocycles. The molecule has 0 saturated carbocycles. The van der Waals surface area contributed by atoms with Gasteiger partial charge in [-0.15, -0.1) is 0 Å². The second kappa shape index (κ2) is 6.54. The highest BCUT2D eigenvalue weighted by atomic mass is 16.2. The summed E-state index contributed by atoms with van der Waals surface area (Å²) in [6, 6.07) is 0.276. The van der Waals surface area contributed by atoms with Crippen molar-refractivity contribution in [3.05, 3.63) is 32.7 Å². The molecule has 0 aliphatic carbocycles. The topological polar surface area (TPSA) is 66.2 Å². The predicted octanol–water partition coefficient (Wildman–Crippen LogP) is 2.62. The standard InChI is InChI=1S/C18H27N5O2/c1-6-8-9-10-21-16(24)14-15(20(5)18(21)25)19-17-22(14)11-13(4)23(17)12(3)7-2/h11-12H,6-10H2,1-5H3/t12-/m0/s1. The van der Waals surface area contributed by atoms with Crippen molar-refractivity contribution in [3.8, 4) is 0 Å². The molecular formula is C18H27N5O2. The molecule has 0 aliphatic heterocycles. The van der Waals surface area contributed by atoms with Crippen molar-refractivity contribution in [2.45, 2.75) is 66.0 Å². The van der Waals surface area contributed by atoms with E-state index < -0.39 is 0 Å². The van der Waals surface area contributed by atoms with E-state index in [1.165, 1.54) is 9.13 Å². The number of aryl methyl sites for hydroxylation is 2. The summed E-state index contributed by atoms with van der Waals surface area (Å²) in [4.78, 5) is 30.3. The Hall–Kier alpha value is -2.31. The highest BCUT2D eigenvalue weighted by Gasteiger charge is 2.21. The molecule has 0 unspecified atom stereocenters. The van der Waals surface area contributed by atoms with Crippen molar-refractivity contribution in [2.75, 3.05) is 0 Å². The first-order valence-corrected chi connectivity index (χ1v) is 9.11. The molecular weight excluding hydrogens is 318 g/mol. The molecule has 0 aromatic carbocycles. The lowest BCUT2D eigenvalue weighted by Crippen LogP contribution is -2.39. The molecule has 3 aromatic rings. The minimum Gasteiger partial charge on any atom is -0.311 e. The first-order chi connectivity index (χ1) is 11.9. The van der Waals surface area contributed by atoms with E-state index in [1.807, 2.05) is 17.5 Å². The maximum Gasteiger partial charge on any atom is 0.332 e. The Morgan fingerprint density at radius 1 is 1.20 bits per heavy atom. The molecule has 0 fully saturated rings. The summed E-state index contributed by atoms with van der Waals surface area (Å²) in [6.07, 6.45) is 5.78. The summed E-state index contributed by atoms with van der Waals surface area (Å²) in [5, 5.41) is 0. The van der Waals surface area contributed by atoms with Crippen molar-refractivity contribution < 1.29 is 0 Å². The van der Waals surface area contributed by atoms with Crippen molar-refractivity contribution in [3.63, 3.8) is 0 Å². The molecule has 0 N–H and O–H groups in total. The van der Waals surface area contributed by atoms with Gasteiger partial charge in [0.25, 0.3) is 5.56 Å². The molecule has 0 bridgehead atoms. The highest BCUT2D eigenvalue weighted by molar-refractivity contribution is 5.75. The summed E-state index contributed by atoms with van der Waals surface area (Å²) in [5.41, 5.74) is 1.46. The van der Waals surface area contributed by atoms with E-state index in [9.17, 15) is 9.59 Å². The van der Waals surface area contributed by atoms with Gasteiger partial charge in [0.2, 0.25) is 5.78 Å². The van der Waals surface area contributed by atoms with E-state index in [1.54, 1.807) is 7.05 Å². The fourth-order valence-electron chi connectivity index (χ4n) is 3.47. The zero-order chi connectivity index (χ0) is 18.3. The highest BCUT2D eigenvalue weighted by Crippen LogP contribution is 2.22. The van der Waals surface area contributed by atoms with Crippen LogP contribution in [0.2, 0.25) is 0 Å². The van der Waals surface area contributed by atoms with E-state index in [2.05, 4.69) is 30.3 Å². The van der Waals surface area contributed by atoms with Crippen LogP contribution in [-0.2, 0) is 13.6 Å². The minimum absolute atomic E-state index is 0.247. The summed E-state index contributed by atoms with van der Waals surface area (Å²) >= 11 is 0. The number of hydrogen-bond donors (Lipinski definition) is 0. The Morgan fingerprint density at radius 3 is 2.56 bits per heavy atom. The monoisotopic (exact) mass is 345 g/mol. The third-order valence-electron chi connectivity index (χ3n) is 5.09. The maximum absolute atomic E-state index is 13.0. The lowest BCUT2D eigenvalue weighted by atomic mass is 10.2. The van der Waals surface area contributed by atoms with E-state index in [-0.39, 0.29) is 17.3 Å². The van der Waals surface area contributed by atoms with Gasteiger partial charge in [0.05, 0.1) is 0 Å². The van der Waals surface area contributed by atoms with Gasteiger partial charge in [-0.25, -0.2) is 4.79 Å². The largest absolute Gasteiger partial charge is 0.332 e. The lowest BCUT2D eigenvalue weighted by Gasteiger charge is -2.12. The van der Waals surface area contributed by atoms with E-state index in [0.29, 0.717) is 17.7 Å². The molecule has 0 amide bonds. The van der Waals surface area contributed by atoms with Crippen LogP contribution in [0.1, 0.15) is 58.2 Å². The van der Waals surface area contributed by atoms with Gasteiger partial charge in [0, 0.05) is 31.5 Å². The maximum atomic E-state index is 13.0. The molecule has 7 heteroatoms. The van der Waals surface area contributed by atoms with Crippen molar-refractivity contribution in [1.29, 1.82) is 0 Å². The van der Waals surface area contributed by atoms with Crippen LogP contribution >= 0.6 is 0 Å². The average Bonchev–Trinajstić information content (AvgIpc) is 3.10. The van der Waals surface area contributed by atoms with Gasteiger partial charge in [-0.1, -0.05) is 26.7 Å². The van der Waals surface area contributed by atoms with Crippen LogP contribution in [0.4, 0.5) is 0 Å². The second-order valence-corrected chi connectivity index (χ2v) is 6.86. The zero-order valence-corrected chi connectivity index (χ0v) is 15.7. The van der Waals surface area contributed by atoms with Crippen molar-refractivity contribution in [1.82, 2.24) is 23.1 Å². The molecule has 3 rings (SSSR count). The molecule has 136 valence electrons. The molecule has 7 nitrogen and oxygen atoms in total. The summed E-state index contributed by atoms with van der Waals surface area (Å²) in [6.45, 7) is 8.83. The predicted molar refractivity (Wildman–Crippen MR) is 99.5 cm³/mol. The average molecular weight is 345 g/mol. The molecule has 0 spiro atoms. The van der Waals surface area contributed by atoms with Crippen molar-refractivity contribution >= 4 is 16.9 Å². The van der Waals surface area contributed by atoms with Crippen LogP contribution in [0, 0.1) is 6.92 Å². The molecule has 25 heavy (non-hydrogen) atoms. The molecule has 0 radical (unpaired) electrons. The molecule has 0 saturated heterocycles. The van der Waals surface area contributed by atoms with Gasteiger partial charge in [0.1, 0.15) is 0 Å². The fraction of sp³-hybridized carbons (Fsp3) is 0.611. The molecule has 1 atom stereocenters. The Bertz CT molecular complexity index is 1030. The number of nitrogens with zero attached hydrogens (tertiary/aromatic N) is 5. The van der Waals surface area contributed by atoms with Crippen LogP contribution in [0.15, 0.2) is 15.8 Å². The second-order valence-electron chi connectivity index (χ2n) is 6.86. The Kier molecular flexibility index (Phi) is 4.58. The normalized spacial score (nSPS) is 13.2. The van der Waals surface area contributed by atoms with Gasteiger partial charge >= 0.3 is 5.69 Å². The number of unbranched alkanes of at least 4 members (excludes halogenated alkanes) is 2. The number of aromatic nitrogens is 5. The summed E-state index contributed by atoms with van der Waals surface area (Å²) < 4.78 is 6.81. The Balaban J connectivity index is 2.32. The number of rotatable bonds is 6.